The molecule has 0 saturated carbocycles. The van der Waals surface area contributed by atoms with Gasteiger partial charge in [-0.2, -0.15) is 16.3 Å². The molecule has 4 rings (SSSR count). The molecular weight excluding hydrogens is 398 g/mol. The first-order valence-electron chi connectivity index (χ1n) is 8.16. The highest BCUT2D eigenvalue weighted by atomic mass is 32.1. The number of nitrogens with zero attached hydrogens (tertiary/aromatic N) is 2. The number of rotatable bonds is 6. The molecule has 0 spiro atoms. The normalized spacial score (nSPS) is 10.6. The molecule has 1 N–H and O–H groups in total. The van der Waals surface area contributed by atoms with Gasteiger partial charge < -0.3 is 14.6 Å². The minimum absolute atomic E-state index is 0.137. The summed E-state index contributed by atoms with van der Waals surface area (Å²) >= 11 is 2.87. The summed E-state index contributed by atoms with van der Waals surface area (Å²) in [4.78, 5) is 29.2. The lowest BCUT2D eigenvalue weighted by molar-refractivity contribution is 0.0429. The number of esters is 1. The average molecular weight is 411 g/mol. The fourth-order valence-corrected chi connectivity index (χ4v) is 3.61. The molecule has 3 heterocycles. The summed E-state index contributed by atoms with van der Waals surface area (Å²) < 4.78 is 10.3. The van der Waals surface area contributed by atoms with Crippen LogP contribution in [0.5, 0.6) is 0 Å². The molecule has 4 aromatic rings. The summed E-state index contributed by atoms with van der Waals surface area (Å²) in [7, 11) is 0. The van der Waals surface area contributed by atoms with E-state index in [2.05, 4.69) is 15.5 Å². The lowest BCUT2D eigenvalue weighted by Crippen LogP contribution is -2.11. The van der Waals surface area contributed by atoms with E-state index in [0.29, 0.717) is 22.0 Å². The number of thiophene rings is 2. The molecule has 0 fully saturated rings. The maximum absolute atomic E-state index is 12.3. The minimum atomic E-state index is -0.553. The van der Waals surface area contributed by atoms with E-state index in [4.69, 9.17) is 9.26 Å². The van der Waals surface area contributed by atoms with Crippen LogP contribution in [0.25, 0.3) is 11.4 Å². The topological polar surface area (TPSA) is 94.3 Å². The summed E-state index contributed by atoms with van der Waals surface area (Å²) in [6, 6.07) is 11.9. The van der Waals surface area contributed by atoms with Crippen LogP contribution in [0.4, 0.5) is 5.69 Å². The summed E-state index contributed by atoms with van der Waals surface area (Å²) in [5.41, 5.74) is 1.66. The van der Waals surface area contributed by atoms with E-state index >= 15 is 0 Å². The van der Waals surface area contributed by atoms with Crippen LogP contribution in [0.2, 0.25) is 0 Å². The fraction of sp³-hybridized carbons (Fsp3) is 0.0526. The van der Waals surface area contributed by atoms with Crippen molar-refractivity contribution in [1.82, 2.24) is 10.1 Å². The van der Waals surface area contributed by atoms with E-state index in [-0.39, 0.29) is 18.4 Å². The Bertz CT molecular complexity index is 1090. The van der Waals surface area contributed by atoms with Gasteiger partial charge in [-0.25, -0.2) is 4.79 Å². The Labute approximate surface area is 167 Å². The molecule has 1 amide bonds. The largest absolute Gasteiger partial charge is 0.452 e. The molecule has 0 saturated heterocycles. The monoisotopic (exact) mass is 411 g/mol. The second-order valence-corrected chi connectivity index (χ2v) is 7.34. The lowest BCUT2D eigenvalue weighted by Gasteiger charge is -2.06. The Hall–Kier alpha value is -3.30. The van der Waals surface area contributed by atoms with Crippen molar-refractivity contribution in [3.63, 3.8) is 0 Å². The molecule has 0 aliphatic rings. The van der Waals surface area contributed by atoms with Crippen LogP contribution in [0.3, 0.4) is 0 Å². The standard InChI is InChI=1S/C19H13N3O4S2/c23-18(15-5-2-7-28-15)20-14-4-1-3-12(9-14)19(24)25-10-16-21-17(22-26-16)13-6-8-27-11-13/h1-9,11H,10H2,(H,20,23). The second kappa shape index (κ2) is 8.15. The SMILES string of the molecule is O=C(OCc1nc(-c2ccsc2)no1)c1cccc(NC(=O)c2cccs2)c1. The predicted molar refractivity (Wildman–Crippen MR) is 105 cm³/mol. The molecule has 0 atom stereocenters. The number of ether oxygens (including phenoxy) is 1. The van der Waals surface area contributed by atoms with E-state index in [1.165, 1.54) is 22.7 Å². The third kappa shape index (κ3) is 4.16. The van der Waals surface area contributed by atoms with Gasteiger partial charge in [0, 0.05) is 16.6 Å². The first kappa shape index (κ1) is 18.1. The number of amides is 1. The van der Waals surface area contributed by atoms with Crippen LogP contribution in [0.15, 0.2) is 63.1 Å². The van der Waals surface area contributed by atoms with Gasteiger partial charge in [0.2, 0.25) is 5.82 Å². The van der Waals surface area contributed by atoms with Crippen molar-refractivity contribution >= 4 is 40.2 Å². The third-order valence-corrected chi connectivity index (χ3v) is 5.23. The molecule has 0 aliphatic carbocycles. The zero-order valence-electron chi connectivity index (χ0n) is 14.3. The van der Waals surface area contributed by atoms with Gasteiger partial charge in [0.15, 0.2) is 6.61 Å². The Morgan fingerprint density at radius 3 is 2.86 bits per heavy atom. The highest BCUT2D eigenvalue weighted by molar-refractivity contribution is 7.12. The van der Waals surface area contributed by atoms with Crippen LogP contribution in [-0.2, 0) is 11.3 Å². The van der Waals surface area contributed by atoms with Gasteiger partial charge in [-0.1, -0.05) is 17.3 Å². The van der Waals surface area contributed by atoms with Crippen molar-refractivity contribution in [2.75, 3.05) is 5.32 Å². The molecular formula is C19H13N3O4S2. The second-order valence-electron chi connectivity index (χ2n) is 5.61. The average Bonchev–Trinajstić information content (AvgIpc) is 3.48. The molecule has 0 aliphatic heterocycles. The molecule has 3 aromatic heterocycles. The van der Waals surface area contributed by atoms with Crippen LogP contribution in [0, 0.1) is 0 Å². The van der Waals surface area contributed by atoms with E-state index in [1.807, 2.05) is 22.2 Å². The molecule has 7 nitrogen and oxygen atoms in total. The number of aromatic nitrogens is 2. The Morgan fingerprint density at radius 1 is 1.14 bits per heavy atom. The lowest BCUT2D eigenvalue weighted by atomic mass is 10.2. The molecule has 1 aromatic carbocycles. The number of anilines is 1. The van der Waals surface area contributed by atoms with Gasteiger partial charge in [0.05, 0.1) is 10.4 Å². The van der Waals surface area contributed by atoms with Crippen LogP contribution in [0.1, 0.15) is 25.9 Å². The van der Waals surface area contributed by atoms with Crippen LogP contribution in [-0.4, -0.2) is 22.0 Å². The Morgan fingerprint density at radius 2 is 2.07 bits per heavy atom. The van der Waals surface area contributed by atoms with Gasteiger partial charge in [0.25, 0.3) is 11.8 Å². The Balaban J connectivity index is 1.38. The number of hydrogen-bond donors (Lipinski definition) is 1. The maximum Gasteiger partial charge on any atom is 0.338 e. The predicted octanol–water partition coefficient (Wildman–Crippen LogP) is 4.47. The summed E-state index contributed by atoms with van der Waals surface area (Å²) in [5, 5.41) is 12.3. The van der Waals surface area contributed by atoms with Crippen molar-refractivity contribution in [1.29, 1.82) is 0 Å². The van der Waals surface area contributed by atoms with Crippen LogP contribution < -0.4 is 5.32 Å². The van der Waals surface area contributed by atoms with Crippen molar-refractivity contribution in [2.24, 2.45) is 0 Å². The highest BCUT2D eigenvalue weighted by Crippen LogP contribution is 2.19. The summed E-state index contributed by atoms with van der Waals surface area (Å²) in [6.07, 6.45) is 0. The van der Waals surface area contributed by atoms with Crippen LogP contribution >= 0.6 is 22.7 Å². The van der Waals surface area contributed by atoms with E-state index in [0.717, 1.165) is 5.56 Å². The molecule has 0 unspecified atom stereocenters. The fourth-order valence-electron chi connectivity index (χ4n) is 2.36. The zero-order chi connectivity index (χ0) is 19.3. The van der Waals surface area contributed by atoms with Gasteiger partial charge in [-0.3, -0.25) is 4.79 Å². The minimum Gasteiger partial charge on any atom is -0.452 e. The molecule has 140 valence electrons. The first-order valence-corrected chi connectivity index (χ1v) is 9.98. The summed E-state index contributed by atoms with van der Waals surface area (Å²) in [5.74, 6) is -0.128. The number of benzene rings is 1. The number of hydrogen-bond acceptors (Lipinski definition) is 8. The molecule has 28 heavy (non-hydrogen) atoms. The summed E-state index contributed by atoms with van der Waals surface area (Å²) in [6.45, 7) is -0.137. The van der Waals surface area contributed by atoms with E-state index in [1.54, 1.807) is 36.4 Å². The van der Waals surface area contributed by atoms with Crippen molar-refractivity contribution in [3.8, 4) is 11.4 Å². The van der Waals surface area contributed by atoms with Crippen molar-refractivity contribution < 1.29 is 18.8 Å². The third-order valence-electron chi connectivity index (χ3n) is 3.68. The van der Waals surface area contributed by atoms with Gasteiger partial charge >= 0.3 is 5.97 Å². The Kier molecular flexibility index (Phi) is 5.27. The van der Waals surface area contributed by atoms with E-state index in [9.17, 15) is 9.59 Å². The van der Waals surface area contributed by atoms with E-state index < -0.39 is 5.97 Å². The molecule has 9 heteroatoms. The zero-order valence-corrected chi connectivity index (χ0v) is 16.0. The molecule has 0 radical (unpaired) electrons. The van der Waals surface area contributed by atoms with Crippen molar-refractivity contribution in [2.45, 2.75) is 6.61 Å². The van der Waals surface area contributed by atoms with Gasteiger partial charge in [-0.05, 0) is 41.1 Å². The number of carbonyl (C=O) groups excluding carboxylic acids is 2. The van der Waals surface area contributed by atoms with Gasteiger partial charge in [-0.15, -0.1) is 11.3 Å². The first-order chi connectivity index (χ1) is 13.7. The van der Waals surface area contributed by atoms with Crippen molar-refractivity contribution in [3.05, 3.63) is 74.9 Å². The molecule has 0 bridgehead atoms. The number of nitrogens with one attached hydrogen (secondary N) is 1. The smallest absolute Gasteiger partial charge is 0.338 e. The van der Waals surface area contributed by atoms with Gasteiger partial charge in [0.1, 0.15) is 0 Å². The quantitative estimate of drug-likeness (QED) is 0.471. The number of carbonyl (C=O) groups is 2. The maximum atomic E-state index is 12.3. The highest BCUT2D eigenvalue weighted by Gasteiger charge is 2.14.